The summed E-state index contributed by atoms with van der Waals surface area (Å²) in [5.74, 6) is 0.369. The zero-order valence-electron chi connectivity index (χ0n) is 10.5. The van der Waals surface area contributed by atoms with Gasteiger partial charge in [0.05, 0.1) is 12.2 Å². The van der Waals surface area contributed by atoms with E-state index < -0.39 is 5.97 Å². The molecular formula is C14H12ClNO3S. The van der Waals surface area contributed by atoms with Gasteiger partial charge in [0.2, 0.25) is 0 Å². The number of ether oxygens (including phenoxy) is 1. The summed E-state index contributed by atoms with van der Waals surface area (Å²) >= 11 is 7.13. The smallest absolute Gasteiger partial charge is 0.338 e. The monoisotopic (exact) mass is 309 g/mol. The molecular weight excluding hydrogens is 298 g/mol. The van der Waals surface area contributed by atoms with Gasteiger partial charge < -0.3 is 9.84 Å². The van der Waals surface area contributed by atoms with Gasteiger partial charge in [0.1, 0.15) is 10.8 Å². The lowest BCUT2D eigenvalue weighted by Gasteiger charge is -2.07. The summed E-state index contributed by atoms with van der Waals surface area (Å²) in [7, 11) is 0. The third-order valence-corrected chi connectivity index (χ3v) is 3.63. The average molecular weight is 310 g/mol. The van der Waals surface area contributed by atoms with E-state index in [0.717, 1.165) is 5.75 Å². The maximum atomic E-state index is 11.0. The molecule has 104 valence electrons. The van der Waals surface area contributed by atoms with Crippen molar-refractivity contribution in [3.8, 4) is 5.75 Å². The molecule has 1 heterocycles. The third-order valence-electron chi connectivity index (χ3n) is 2.41. The highest BCUT2D eigenvalue weighted by Gasteiger charge is 2.10. The van der Waals surface area contributed by atoms with Crippen LogP contribution in [0.25, 0.3) is 0 Å². The Balaban J connectivity index is 1.84. The standard InChI is InChI=1S/C14H12ClNO3S/c15-10-3-5-11(6-4-10)19-8-9-20-13-12(14(17)18)2-1-7-16-13/h1-7H,8-9H2,(H,17,18). The van der Waals surface area contributed by atoms with Gasteiger partial charge in [0, 0.05) is 17.0 Å². The van der Waals surface area contributed by atoms with Gasteiger partial charge in [-0.05, 0) is 36.4 Å². The van der Waals surface area contributed by atoms with E-state index in [0.29, 0.717) is 22.4 Å². The van der Waals surface area contributed by atoms with E-state index in [1.807, 2.05) is 0 Å². The fourth-order valence-electron chi connectivity index (χ4n) is 1.50. The van der Waals surface area contributed by atoms with Crippen LogP contribution in [0.2, 0.25) is 5.02 Å². The first-order chi connectivity index (χ1) is 9.66. The molecule has 0 aliphatic carbocycles. The molecule has 0 atom stereocenters. The lowest BCUT2D eigenvalue weighted by atomic mass is 10.3. The zero-order valence-corrected chi connectivity index (χ0v) is 12.0. The first-order valence-electron chi connectivity index (χ1n) is 5.86. The Labute approximate surface area is 125 Å². The minimum Gasteiger partial charge on any atom is -0.493 e. The second-order valence-electron chi connectivity index (χ2n) is 3.81. The SMILES string of the molecule is O=C(O)c1cccnc1SCCOc1ccc(Cl)cc1. The Morgan fingerprint density at radius 3 is 2.75 bits per heavy atom. The Bertz CT molecular complexity index is 589. The van der Waals surface area contributed by atoms with E-state index in [9.17, 15) is 4.79 Å². The minimum atomic E-state index is -0.973. The number of pyridine rings is 1. The summed E-state index contributed by atoms with van der Waals surface area (Å²) in [4.78, 5) is 15.1. The van der Waals surface area contributed by atoms with E-state index in [1.54, 1.807) is 36.5 Å². The number of benzene rings is 1. The molecule has 1 N–H and O–H groups in total. The molecule has 0 radical (unpaired) electrons. The van der Waals surface area contributed by atoms with Crippen molar-refractivity contribution in [3.05, 3.63) is 53.2 Å². The Hall–Kier alpha value is -1.72. The predicted molar refractivity (Wildman–Crippen MR) is 78.9 cm³/mol. The third kappa shape index (κ3) is 4.15. The molecule has 20 heavy (non-hydrogen) atoms. The fourth-order valence-corrected chi connectivity index (χ4v) is 2.43. The van der Waals surface area contributed by atoms with Crippen LogP contribution in [0.5, 0.6) is 5.75 Å². The molecule has 0 saturated carbocycles. The van der Waals surface area contributed by atoms with Crippen LogP contribution in [0.15, 0.2) is 47.6 Å². The van der Waals surface area contributed by atoms with E-state index in [-0.39, 0.29) is 5.56 Å². The topological polar surface area (TPSA) is 59.4 Å². The number of thioether (sulfide) groups is 1. The van der Waals surface area contributed by atoms with E-state index in [1.165, 1.54) is 17.8 Å². The molecule has 1 aromatic carbocycles. The molecule has 0 amide bonds. The first-order valence-corrected chi connectivity index (χ1v) is 7.22. The summed E-state index contributed by atoms with van der Waals surface area (Å²) in [5, 5.41) is 10.2. The van der Waals surface area contributed by atoms with Crippen molar-refractivity contribution in [2.45, 2.75) is 5.03 Å². The van der Waals surface area contributed by atoms with Crippen LogP contribution >= 0.6 is 23.4 Å². The molecule has 0 aliphatic heterocycles. The molecule has 4 nitrogen and oxygen atoms in total. The molecule has 0 saturated heterocycles. The molecule has 0 aliphatic rings. The van der Waals surface area contributed by atoms with Crippen LogP contribution < -0.4 is 4.74 Å². The normalized spacial score (nSPS) is 10.2. The zero-order chi connectivity index (χ0) is 14.4. The van der Waals surface area contributed by atoms with Crippen LogP contribution in [-0.4, -0.2) is 28.4 Å². The number of carboxylic acid groups (broad SMARTS) is 1. The quantitative estimate of drug-likeness (QED) is 0.652. The summed E-state index contributed by atoms with van der Waals surface area (Å²) in [6.07, 6.45) is 1.58. The molecule has 2 rings (SSSR count). The first kappa shape index (κ1) is 14.7. The Morgan fingerprint density at radius 1 is 1.30 bits per heavy atom. The Morgan fingerprint density at radius 2 is 2.05 bits per heavy atom. The number of carbonyl (C=O) groups is 1. The van der Waals surface area contributed by atoms with Crippen molar-refractivity contribution in [2.75, 3.05) is 12.4 Å². The summed E-state index contributed by atoms with van der Waals surface area (Å²) in [6.45, 7) is 0.460. The number of aromatic nitrogens is 1. The van der Waals surface area contributed by atoms with Gasteiger partial charge in [-0.3, -0.25) is 0 Å². The number of nitrogens with zero attached hydrogens (tertiary/aromatic N) is 1. The molecule has 0 unspecified atom stereocenters. The maximum Gasteiger partial charge on any atom is 0.338 e. The number of carboxylic acids is 1. The van der Waals surface area contributed by atoms with Crippen LogP contribution in [-0.2, 0) is 0 Å². The lowest BCUT2D eigenvalue weighted by Crippen LogP contribution is -2.04. The van der Waals surface area contributed by atoms with Crippen molar-refractivity contribution in [2.24, 2.45) is 0 Å². The minimum absolute atomic E-state index is 0.212. The molecule has 1 aromatic heterocycles. The van der Waals surface area contributed by atoms with Crippen LogP contribution in [0.4, 0.5) is 0 Å². The van der Waals surface area contributed by atoms with E-state index >= 15 is 0 Å². The van der Waals surface area contributed by atoms with Crippen LogP contribution in [0, 0.1) is 0 Å². The fraction of sp³-hybridized carbons (Fsp3) is 0.143. The van der Waals surface area contributed by atoms with Gasteiger partial charge in [0.25, 0.3) is 0 Å². The molecule has 2 aromatic rings. The lowest BCUT2D eigenvalue weighted by molar-refractivity contribution is 0.0692. The number of hydrogen-bond acceptors (Lipinski definition) is 4. The van der Waals surface area contributed by atoms with Gasteiger partial charge in [-0.25, -0.2) is 9.78 Å². The van der Waals surface area contributed by atoms with Crippen molar-refractivity contribution in [1.29, 1.82) is 0 Å². The second-order valence-corrected chi connectivity index (χ2v) is 5.33. The van der Waals surface area contributed by atoms with Crippen molar-refractivity contribution in [3.63, 3.8) is 0 Å². The summed E-state index contributed by atoms with van der Waals surface area (Å²) in [6, 6.07) is 10.2. The van der Waals surface area contributed by atoms with Gasteiger partial charge in [-0.2, -0.15) is 0 Å². The predicted octanol–water partition coefficient (Wildman–Crippen LogP) is 3.60. The van der Waals surface area contributed by atoms with Gasteiger partial charge in [-0.15, -0.1) is 11.8 Å². The van der Waals surface area contributed by atoms with Crippen molar-refractivity contribution in [1.82, 2.24) is 4.98 Å². The average Bonchev–Trinajstić information content (AvgIpc) is 2.46. The van der Waals surface area contributed by atoms with Crippen molar-refractivity contribution >= 4 is 29.3 Å². The number of hydrogen-bond donors (Lipinski definition) is 1. The molecule has 0 fully saturated rings. The maximum absolute atomic E-state index is 11.0. The summed E-state index contributed by atoms with van der Waals surface area (Å²) < 4.78 is 5.53. The summed E-state index contributed by atoms with van der Waals surface area (Å²) in [5.41, 5.74) is 0.212. The van der Waals surface area contributed by atoms with Gasteiger partial charge in [0.15, 0.2) is 0 Å². The largest absolute Gasteiger partial charge is 0.493 e. The highest BCUT2D eigenvalue weighted by molar-refractivity contribution is 7.99. The highest BCUT2D eigenvalue weighted by atomic mass is 35.5. The Kier molecular flexibility index (Phi) is 5.26. The van der Waals surface area contributed by atoms with Gasteiger partial charge in [-0.1, -0.05) is 11.6 Å². The van der Waals surface area contributed by atoms with Crippen LogP contribution in [0.1, 0.15) is 10.4 Å². The van der Waals surface area contributed by atoms with E-state index in [4.69, 9.17) is 21.4 Å². The number of halogens is 1. The molecule has 6 heteroatoms. The van der Waals surface area contributed by atoms with Crippen molar-refractivity contribution < 1.29 is 14.6 Å². The highest BCUT2D eigenvalue weighted by Crippen LogP contribution is 2.20. The number of rotatable bonds is 6. The van der Waals surface area contributed by atoms with Gasteiger partial charge >= 0.3 is 5.97 Å². The molecule has 0 bridgehead atoms. The number of aromatic carboxylic acids is 1. The van der Waals surface area contributed by atoms with Crippen LogP contribution in [0.3, 0.4) is 0 Å². The second kappa shape index (κ2) is 7.17. The molecule has 0 spiro atoms. The van der Waals surface area contributed by atoms with E-state index in [2.05, 4.69) is 4.98 Å².